The normalized spacial score (nSPS) is 13.3. The zero-order valence-electron chi connectivity index (χ0n) is 12.1. The van der Waals surface area contributed by atoms with Gasteiger partial charge in [-0.15, -0.1) is 0 Å². The lowest BCUT2D eigenvalue weighted by Gasteiger charge is -2.15. The van der Waals surface area contributed by atoms with E-state index in [9.17, 15) is 9.59 Å². The summed E-state index contributed by atoms with van der Waals surface area (Å²) in [6, 6.07) is 6.94. The monoisotopic (exact) mass is 313 g/mol. The highest BCUT2D eigenvalue weighted by Crippen LogP contribution is 2.24. The number of hydrogen-bond donors (Lipinski definition) is 2. The number of amides is 1. The van der Waals surface area contributed by atoms with E-state index in [0.29, 0.717) is 30.2 Å². The molecule has 0 aliphatic heterocycles. The zero-order chi connectivity index (χ0) is 15.8. The molecule has 0 aliphatic carbocycles. The van der Waals surface area contributed by atoms with Crippen molar-refractivity contribution in [2.45, 2.75) is 32.8 Å². The molecule has 0 spiro atoms. The van der Waals surface area contributed by atoms with Gasteiger partial charge in [-0.05, 0) is 31.9 Å². The second-order valence-corrected chi connectivity index (χ2v) is 5.27. The third-order valence-electron chi connectivity index (χ3n) is 3.04. The Balaban J connectivity index is 2.32. The second kappa shape index (κ2) is 8.52. The summed E-state index contributed by atoms with van der Waals surface area (Å²) in [5.74, 6) is -1.02. The molecule has 2 unspecified atom stereocenters. The van der Waals surface area contributed by atoms with E-state index >= 15 is 0 Å². The number of halogens is 1. The van der Waals surface area contributed by atoms with Gasteiger partial charge in [-0.3, -0.25) is 9.59 Å². The molecular formula is C15H20ClNO4. The van der Waals surface area contributed by atoms with Crippen LogP contribution in [0.4, 0.5) is 0 Å². The maximum absolute atomic E-state index is 11.8. The number of carbonyl (C=O) groups is 2. The molecule has 0 saturated heterocycles. The summed E-state index contributed by atoms with van der Waals surface area (Å²) in [6.07, 6.45) is 0.467. The van der Waals surface area contributed by atoms with Crippen molar-refractivity contribution in [1.29, 1.82) is 0 Å². The van der Waals surface area contributed by atoms with E-state index in [1.807, 2.05) is 0 Å². The van der Waals surface area contributed by atoms with E-state index in [0.717, 1.165) is 0 Å². The highest BCUT2D eigenvalue weighted by atomic mass is 35.5. The predicted octanol–water partition coefficient (Wildman–Crippen LogP) is 2.72. The molecule has 0 bridgehead atoms. The first-order valence-electron chi connectivity index (χ1n) is 6.83. The average molecular weight is 314 g/mol. The SMILES string of the molecule is CC(CCCNC(=O)C(C)Oc1ccccc1Cl)C(=O)O. The summed E-state index contributed by atoms with van der Waals surface area (Å²) in [5.41, 5.74) is 0. The molecule has 0 aromatic heterocycles. The highest BCUT2D eigenvalue weighted by molar-refractivity contribution is 6.32. The van der Waals surface area contributed by atoms with Crippen LogP contribution in [0, 0.1) is 5.92 Å². The van der Waals surface area contributed by atoms with Gasteiger partial charge in [0, 0.05) is 6.54 Å². The molecule has 2 atom stereocenters. The Morgan fingerprint density at radius 3 is 2.62 bits per heavy atom. The lowest BCUT2D eigenvalue weighted by atomic mass is 10.1. The number of ether oxygens (including phenoxy) is 1. The van der Waals surface area contributed by atoms with Gasteiger partial charge in [0.15, 0.2) is 6.10 Å². The van der Waals surface area contributed by atoms with Crippen molar-refractivity contribution in [3.8, 4) is 5.75 Å². The number of aliphatic carboxylic acids is 1. The molecule has 0 saturated carbocycles. The van der Waals surface area contributed by atoms with Crippen molar-refractivity contribution in [3.63, 3.8) is 0 Å². The van der Waals surface area contributed by atoms with Gasteiger partial charge in [-0.2, -0.15) is 0 Å². The van der Waals surface area contributed by atoms with Gasteiger partial charge in [0.2, 0.25) is 0 Å². The van der Waals surface area contributed by atoms with Gasteiger partial charge < -0.3 is 15.2 Å². The standard InChI is InChI=1S/C15H20ClNO4/c1-10(15(19)20)6-5-9-17-14(18)11(2)21-13-8-4-3-7-12(13)16/h3-4,7-8,10-11H,5-6,9H2,1-2H3,(H,17,18)(H,19,20). The molecular weight excluding hydrogens is 294 g/mol. The molecule has 0 heterocycles. The van der Waals surface area contributed by atoms with E-state index in [1.165, 1.54) is 0 Å². The van der Waals surface area contributed by atoms with Crippen LogP contribution < -0.4 is 10.1 Å². The third-order valence-corrected chi connectivity index (χ3v) is 3.36. The number of carboxylic acid groups (broad SMARTS) is 1. The van der Waals surface area contributed by atoms with Crippen LogP contribution in [0.25, 0.3) is 0 Å². The van der Waals surface area contributed by atoms with Crippen LogP contribution in [-0.4, -0.2) is 29.6 Å². The first-order chi connectivity index (χ1) is 9.91. The largest absolute Gasteiger partial charge is 0.481 e. The Labute approximate surface area is 129 Å². The van der Waals surface area contributed by atoms with Crippen LogP contribution in [0.2, 0.25) is 5.02 Å². The van der Waals surface area contributed by atoms with Crippen molar-refractivity contribution in [2.75, 3.05) is 6.54 Å². The van der Waals surface area contributed by atoms with Crippen LogP contribution in [0.1, 0.15) is 26.7 Å². The van der Waals surface area contributed by atoms with E-state index in [-0.39, 0.29) is 5.91 Å². The molecule has 1 amide bonds. The van der Waals surface area contributed by atoms with Gasteiger partial charge >= 0.3 is 5.97 Å². The molecule has 0 fully saturated rings. The number of nitrogens with one attached hydrogen (secondary N) is 1. The van der Waals surface area contributed by atoms with Crippen LogP contribution in [0.3, 0.4) is 0 Å². The Hall–Kier alpha value is -1.75. The number of rotatable bonds is 8. The molecule has 1 aromatic rings. The van der Waals surface area contributed by atoms with E-state index in [4.69, 9.17) is 21.4 Å². The fourth-order valence-electron chi connectivity index (χ4n) is 1.67. The highest BCUT2D eigenvalue weighted by Gasteiger charge is 2.16. The van der Waals surface area contributed by atoms with E-state index in [2.05, 4.69) is 5.32 Å². The van der Waals surface area contributed by atoms with Crippen LogP contribution in [-0.2, 0) is 9.59 Å². The lowest BCUT2D eigenvalue weighted by Crippen LogP contribution is -2.37. The molecule has 0 aliphatic rings. The molecule has 5 nitrogen and oxygen atoms in total. The maximum Gasteiger partial charge on any atom is 0.306 e. The van der Waals surface area contributed by atoms with Gasteiger partial charge in [-0.1, -0.05) is 30.7 Å². The fraction of sp³-hybridized carbons (Fsp3) is 0.467. The first-order valence-corrected chi connectivity index (χ1v) is 7.21. The Bertz CT molecular complexity index is 492. The summed E-state index contributed by atoms with van der Waals surface area (Å²) in [7, 11) is 0. The summed E-state index contributed by atoms with van der Waals surface area (Å²) >= 11 is 5.95. The minimum Gasteiger partial charge on any atom is -0.481 e. The molecule has 0 radical (unpaired) electrons. The second-order valence-electron chi connectivity index (χ2n) is 4.86. The molecule has 21 heavy (non-hydrogen) atoms. The molecule has 116 valence electrons. The van der Waals surface area contributed by atoms with Gasteiger partial charge in [0.25, 0.3) is 5.91 Å². The quantitative estimate of drug-likeness (QED) is 0.724. The van der Waals surface area contributed by atoms with Crippen molar-refractivity contribution < 1.29 is 19.4 Å². The first kappa shape index (κ1) is 17.3. The number of carbonyl (C=O) groups excluding carboxylic acids is 1. The summed E-state index contributed by atoms with van der Waals surface area (Å²) in [4.78, 5) is 22.5. The number of hydrogen-bond acceptors (Lipinski definition) is 3. The molecule has 1 rings (SSSR count). The van der Waals surface area contributed by atoms with Gasteiger partial charge in [0.1, 0.15) is 5.75 Å². The van der Waals surface area contributed by atoms with Gasteiger partial charge in [0.05, 0.1) is 10.9 Å². The fourth-order valence-corrected chi connectivity index (χ4v) is 1.85. The summed E-state index contributed by atoms with van der Waals surface area (Å²) in [6.45, 7) is 3.71. The minimum atomic E-state index is -0.822. The summed E-state index contributed by atoms with van der Waals surface area (Å²) in [5, 5.41) is 11.9. The molecule has 1 aromatic carbocycles. The Kier molecular flexibility index (Phi) is 7.02. The van der Waals surface area contributed by atoms with Crippen molar-refractivity contribution >= 4 is 23.5 Å². The summed E-state index contributed by atoms with van der Waals surface area (Å²) < 4.78 is 5.49. The number of carboxylic acids is 1. The Morgan fingerprint density at radius 1 is 1.33 bits per heavy atom. The molecule has 6 heteroatoms. The lowest BCUT2D eigenvalue weighted by molar-refractivity contribution is -0.141. The van der Waals surface area contributed by atoms with Crippen LogP contribution in [0.15, 0.2) is 24.3 Å². The zero-order valence-corrected chi connectivity index (χ0v) is 12.9. The van der Waals surface area contributed by atoms with Crippen LogP contribution in [0.5, 0.6) is 5.75 Å². The van der Waals surface area contributed by atoms with E-state index < -0.39 is 18.0 Å². The van der Waals surface area contributed by atoms with E-state index in [1.54, 1.807) is 38.1 Å². The smallest absolute Gasteiger partial charge is 0.306 e. The van der Waals surface area contributed by atoms with Crippen molar-refractivity contribution in [1.82, 2.24) is 5.32 Å². The Morgan fingerprint density at radius 2 is 2.00 bits per heavy atom. The number of para-hydroxylation sites is 1. The maximum atomic E-state index is 11.8. The topological polar surface area (TPSA) is 75.6 Å². The van der Waals surface area contributed by atoms with Crippen molar-refractivity contribution in [2.24, 2.45) is 5.92 Å². The minimum absolute atomic E-state index is 0.252. The predicted molar refractivity (Wildman–Crippen MR) is 80.6 cm³/mol. The van der Waals surface area contributed by atoms with Gasteiger partial charge in [-0.25, -0.2) is 0 Å². The molecule has 2 N–H and O–H groups in total. The third kappa shape index (κ3) is 6.04. The average Bonchev–Trinajstić information content (AvgIpc) is 2.45. The number of benzene rings is 1. The van der Waals surface area contributed by atoms with Crippen molar-refractivity contribution in [3.05, 3.63) is 29.3 Å². The van der Waals surface area contributed by atoms with Crippen LogP contribution >= 0.6 is 11.6 Å².